The lowest BCUT2D eigenvalue weighted by molar-refractivity contribution is -0.170. The molecule has 3 aromatic rings. The van der Waals surface area contributed by atoms with Crippen molar-refractivity contribution in [3.8, 4) is 0 Å². The number of rotatable bonds is 6. The van der Waals surface area contributed by atoms with Crippen LogP contribution in [0.4, 0.5) is 24.7 Å². The zero-order valence-corrected chi connectivity index (χ0v) is 20.6. The van der Waals surface area contributed by atoms with Gasteiger partial charge in [-0.1, -0.05) is 19.1 Å². The summed E-state index contributed by atoms with van der Waals surface area (Å²) < 4.78 is 44.8. The number of hydrogen-bond donors (Lipinski definition) is 2. The van der Waals surface area contributed by atoms with E-state index < -0.39 is 28.9 Å². The van der Waals surface area contributed by atoms with Crippen LogP contribution < -0.4 is 10.2 Å². The summed E-state index contributed by atoms with van der Waals surface area (Å²) in [6.45, 7) is 7.21. The molecule has 186 valence electrons. The first-order valence-electron chi connectivity index (χ1n) is 11.5. The van der Waals surface area contributed by atoms with Crippen molar-refractivity contribution >= 4 is 28.3 Å². The Hall–Kier alpha value is -3.20. The minimum atomic E-state index is -3.79. The fourth-order valence-electron chi connectivity index (χ4n) is 4.60. The van der Waals surface area contributed by atoms with Crippen molar-refractivity contribution in [1.29, 1.82) is 0 Å². The van der Waals surface area contributed by atoms with E-state index in [1.807, 2.05) is 19.1 Å². The van der Waals surface area contributed by atoms with Crippen LogP contribution in [0.15, 0.2) is 30.3 Å². The molecule has 0 spiro atoms. The number of hydrogen-bond acceptors (Lipinski definition) is 5. The van der Waals surface area contributed by atoms with Crippen LogP contribution in [0.25, 0.3) is 10.9 Å². The quantitative estimate of drug-likeness (QED) is 0.475. The molecule has 1 amide bonds. The summed E-state index contributed by atoms with van der Waals surface area (Å²) in [5.74, 6) is -4.23. The average Bonchev–Trinajstić information content (AvgIpc) is 3.00. The molecular formula is C26H29F3N4O2. The average molecular weight is 487 g/mol. The van der Waals surface area contributed by atoms with E-state index in [0.717, 1.165) is 31.2 Å². The van der Waals surface area contributed by atoms with Crippen molar-refractivity contribution in [2.45, 2.75) is 64.5 Å². The number of aliphatic hydroxyl groups is 1. The molecule has 1 aliphatic rings. The number of likely N-dealkylation sites (N-methyl/N-ethyl adjacent to an activating group) is 1. The second-order valence-electron chi connectivity index (χ2n) is 9.61. The van der Waals surface area contributed by atoms with Crippen molar-refractivity contribution < 1.29 is 23.1 Å². The first kappa shape index (κ1) is 24.9. The largest absolute Gasteiger partial charge is 0.384 e. The molecule has 0 bridgehead atoms. The number of aromatic nitrogens is 2. The van der Waals surface area contributed by atoms with Crippen molar-refractivity contribution in [3.05, 3.63) is 58.7 Å². The first-order chi connectivity index (χ1) is 16.3. The maximum absolute atomic E-state index is 15.3. The number of carbonyl (C=O) groups is 1. The van der Waals surface area contributed by atoms with Gasteiger partial charge in [-0.3, -0.25) is 4.79 Å². The van der Waals surface area contributed by atoms with E-state index in [9.17, 15) is 18.7 Å². The molecule has 0 radical (unpaired) electrons. The third-order valence-electron chi connectivity index (χ3n) is 6.68. The molecule has 0 aliphatic carbocycles. The van der Waals surface area contributed by atoms with Crippen molar-refractivity contribution in [3.63, 3.8) is 0 Å². The van der Waals surface area contributed by atoms with Gasteiger partial charge in [0.1, 0.15) is 23.1 Å². The lowest BCUT2D eigenvalue weighted by Gasteiger charge is -2.30. The summed E-state index contributed by atoms with van der Waals surface area (Å²) >= 11 is 0. The van der Waals surface area contributed by atoms with Crippen LogP contribution in [0, 0.1) is 12.7 Å². The summed E-state index contributed by atoms with van der Waals surface area (Å²) in [7, 11) is 1.72. The minimum absolute atomic E-state index is 0.00958. The van der Waals surface area contributed by atoms with Gasteiger partial charge in [0.25, 0.3) is 0 Å². The molecule has 2 N–H and O–H groups in total. The van der Waals surface area contributed by atoms with Gasteiger partial charge in [-0.15, -0.1) is 0 Å². The molecule has 9 heteroatoms. The molecule has 2 atom stereocenters. The van der Waals surface area contributed by atoms with Crippen LogP contribution in [-0.4, -0.2) is 33.6 Å². The molecule has 1 unspecified atom stereocenters. The molecule has 0 saturated carbocycles. The summed E-state index contributed by atoms with van der Waals surface area (Å²) in [5, 5.41) is 13.7. The molecule has 4 rings (SSSR count). The monoisotopic (exact) mass is 486 g/mol. The Bertz CT molecular complexity index is 1320. The van der Waals surface area contributed by atoms with Gasteiger partial charge in [0.2, 0.25) is 5.91 Å². The van der Waals surface area contributed by atoms with Gasteiger partial charge in [-0.05, 0) is 57.9 Å². The van der Waals surface area contributed by atoms with Gasteiger partial charge in [0, 0.05) is 23.7 Å². The van der Waals surface area contributed by atoms with Crippen molar-refractivity contribution in [2.24, 2.45) is 0 Å². The third-order valence-corrected chi connectivity index (χ3v) is 6.68. The second kappa shape index (κ2) is 8.48. The number of alkyl halides is 2. The van der Waals surface area contributed by atoms with Gasteiger partial charge in [0.05, 0.1) is 23.0 Å². The highest BCUT2D eigenvalue weighted by atomic mass is 19.3. The van der Waals surface area contributed by atoms with E-state index in [0.29, 0.717) is 29.0 Å². The fraction of sp³-hybridized carbons (Fsp3) is 0.423. The van der Waals surface area contributed by atoms with Gasteiger partial charge in [-0.25, -0.2) is 14.4 Å². The predicted molar refractivity (Wildman–Crippen MR) is 129 cm³/mol. The maximum atomic E-state index is 15.3. The fourth-order valence-corrected chi connectivity index (χ4v) is 4.60. The van der Waals surface area contributed by atoms with E-state index in [4.69, 9.17) is 0 Å². The molecule has 35 heavy (non-hydrogen) atoms. The molecule has 6 nitrogen and oxygen atoms in total. The van der Waals surface area contributed by atoms with Crippen LogP contribution in [-0.2, 0) is 10.7 Å². The molecule has 0 saturated heterocycles. The number of aryl methyl sites for hydroxylation is 1. The van der Waals surface area contributed by atoms with E-state index in [1.54, 1.807) is 25.8 Å². The van der Waals surface area contributed by atoms with Gasteiger partial charge in [-0.2, -0.15) is 8.78 Å². The lowest BCUT2D eigenvalue weighted by Crippen LogP contribution is -2.41. The second-order valence-corrected chi connectivity index (χ2v) is 9.61. The van der Waals surface area contributed by atoms with E-state index in [-0.39, 0.29) is 17.4 Å². The van der Waals surface area contributed by atoms with Crippen LogP contribution >= 0.6 is 0 Å². The van der Waals surface area contributed by atoms with E-state index >= 15 is 4.39 Å². The highest BCUT2D eigenvalue weighted by molar-refractivity contribution is 6.08. The summed E-state index contributed by atoms with van der Waals surface area (Å²) in [4.78, 5) is 23.3. The number of nitrogens with zero attached hydrogens (tertiary/aromatic N) is 3. The summed E-state index contributed by atoms with van der Waals surface area (Å²) in [6, 6.07) is 6.73. The van der Waals surface area contributed by atoms with Crippen LogP contribution in [0.1, 0.15) is 68.6 Å². The molecule has 2 heterocycles. The number of anilines is 2. The smallest absolute Gasteiger partial charge is 0.303 e. The van der Waals surface area contributed by atoms with Crippen molar-refractivity contribution in [1.82, 2.24) is 9.97 Å². The Kier molecular flexibility index (Phi) is 6.03. The van der Waals surface area contributed by atoms with Crippen molar-refractivity contribution in [2.75, 3.05) is 17.3 Å². The number of carbonyl (C=O) groups excluding carboxylic acids is 1. The maximum Gasteiger partial charge on any atom is 0.303 e. The summed E-state index contributed by atoms with van der Waals surface area (Å²) in [5.41, 5.74) is -1.01. The topological polar surface area (TPSA) is 78.4 Å². The van der Waals surface area contributed by atoms with Gasteiger partial charge in [0.15, 0.2) is 0 Å². The predicted octanol–water partition coefficient (Wildman–Crippen LogP) is 5.58. The molecule has 1 aromatic heterocycles. The zero-order chi connectivity index (χ0) is 25.9. The molecular weight excluding hydrogens is 457 g/mol. The minimum Gasteiger partial charge on any atom is -0.384 e. The Morgan fingerprint density at radius 1 is 1.23 bits per heavy atom. The van der Waals surface area contributed by atoms with Gasteiger partial charge >= 0.3 is 5.92 Å². The normalized spacial score (nSPS) is 17.1. The van der Waals surface area contributed by atoms with Crippen LogP contribution in [0.3, 0.4) is 0 Å². The van der Waals surface area contributed by atoms with E-state index in [1.165, 1.54) is 12.1 Å². The highest BCUT2D eigenvalue weighted by Gasteiger charge is 2.49. The Morgan fingerprint density at radius 3 is 2.54 bits per heavy atom. The first-order valence-corrected chi connectivity index (χ1v) is 11.5. The molecule has 0 fully saturated rings. The highest BCUT2D eigenvalue weighted by Crippen LogP contribution is 2.43. The Labute approximate surface area is 202 Å². The van der Waals surface area contributed by atoms with Crippen LogP contribution in [0.2, 0.25) is 0 Å². The Balaban J connectivity index is 1.77. The summed E-state index contributed by atoms with van der Waals surface area (Å²) in [6.07, 6.45) is 0.665. The Morgan fingerprint density at radius 2 is 1.91 bits per heavy atom. The SMILES string of the molecule is CCC1C(=O)N(C)c2cc3c(N[C@H](C)c4cccc(C(F)(F)C(C)(C)O)c4F)nc(C)nc3cc21. The van der Waals surface area contributed by atoms with Crippen LogP contribution in [0.5, 0.6) is 0 Å². The zero-order valence-electron chi connectivity index (χ0n) is 20.6. The van der Waals surface area contributed by atoms with E-state index in [2.05, 4.69) is 15.3 Å². The third kappa shape index (κ3) is 4.01. The number of benzene rings is 2. The number of amides is 1. The lowest BCUT2D eigenvalue weighted by atomic mass is 9.91. The molecule has 2 aromatic carbocycles. The number of fused-ring (bicyclic) bond motifs is 2. The number of halogens is 3. The molecule has 1 aliphatic heterocycles. The number of nitrogens with one attached hydrogen (secondary N) is 1. The van der Waals surface area contributed by atoms with Gasteiger partial charge < -0.3 is 15.3 Å². The standard InChI is InChI=1S/C26H29F3N4O2/c1-7-15-17-11-20-18(12-21(17)33(6)24(15)34)23(32-14(3)31-20)30-13(2)16-9-8-10-19(22(16)27)26(28,29)25(4,5)35/h8-13,15,35H,7H2,1-6H3,(H,30,31,32)/t13-,15?/m1/s1.